The summed E-state index contributed by atoms with van der Waals surface area (Å²) >= 11 is 1.52. The van der Waals surface area contributed by atoms with Crippen LogP contribution in [-0.2, 0) is 22.4 Å². The van der Waals surface area contributed by atoms with Crippen molar-refractivity contribution in [2.45, 2.75) is 38.6 Å². The van der Waals surface area contributed by atoms with Crippen LogP contribution >= 0.6 is 11.3 Å². The van der Waals surface area contributed by atoms with Gasteiger partial charge in [-0.05, 0) is 57.8 Å². The van der Waals surface area contributed by atoms with Gasteiger partial charge in [0.05, 0.1) is 12.2 Å². The standard InChI is InChI=1S/C23H31N3O3S/c1-4-29-23(28)19-17-12-8-9-13-18(17)30-22(19)25-21(27)20(24-14-15-26(2)3)16-10-6-5-7-11-16/h5-7,10-11,20,24H,4,8-9,12-15H2,1-3H3,(H,25,27)/t20-/m1/s1. The first kappa shape index (κ1) is 22.5. The minimum absolute atomic E-state index is 0.163. The van der Waals surface area contributed by atoms with Gasteiger partial charge in [-0.3, -0.25) is 4.79 Å². The Balaban J connectivity index is 1.86. The van der Waals surface area contributed by atoms with Crippen LogP contribution in [0.25, 0.3) is 0 Å². The molecule has 0 saturated heterocycles. The molecule has 1 atom stereocenters. The first-order valence-electron chi connectivity index (χ1n) is 10.6. The zero-order chi connectivity index (χ0) is 21.5. The Morgan fingerprint density at radius 3 is 2.60 bits per heavy atom. The molecule has 0 radical (unpaired) electrons. The van der Waals surface area contributed by atoms with Gasteiger partial charge in [-0.1, -0.05) is 30.3 Å². The van der Waals surface area contributed by atoms with Crippen molar-refractivity contribution in [3.8, 4) is 0 Å². The fourth-order valence-electron chi connectivity index (χ4n) is 3.70. The highest BCUT2D eigenvalue weighted by molar-refractivity contribution is 7.17. The van der Waals surface area contributed by atoms with Gasteiger partial charge >= 0.3 is 5.97 Å². The molecule has 1 aromatic heterocycles. The predicted molar refractivity (Wildman–Crippen MR) is 121 cm³/mol. The van der Waals surface area contributed by atoms with Gasteiger partial charge < -0.3 is 20.3 Å². The fourth-order valence-corrected chi connectivity index (χ4v) is 4.98. The van der Waals surface area contributed by atoms with Gasteiger partial charge in [-0.15, -0.1) is 11.3 Å². The van der Waals surface area contributed by atoms with Gasteiger partial charge in [-0.25, -0.2) is 4.79 Å². The van der Waals surface area contributed by atoms with E-state index in [1.807, 2.05) is 44.4 Å². The van der Waals surface area contributed by atoms with Crippen LogP contribution in [0.5, 0.6) is 0 Å². The van der Waals surface area contributed by atoms with Crippen molar-refractivity contribution in [3.05, 3.63) is 51.9 Å². The molecule has 1 aromatic carbocycles. The van der Waals surface area contributed by atoms with Gasteiger partial charge in [0.25, 0.3) is 0 Å². The topological polar surface area (TPSA) is 70.7 Å². The fraction of sp³-hybridized carbons (Fsp3) is 0.478. The van der Waals surface area contributed by atoms with Gasteiger partial charge in [0, 0.05) is 18.0 Å². The lowest BCUT2D eigenvalue weighted by atomic mass is 9.95. The summed E-state index contributed by atoms with van der Waals surface area (Å²) in [5, 5.41) is 7.02. The number of anilines is 1. The number of benzene rings is 1. The zero-order valence-electron chi connectivity index (χ0n) is 18.0. The molecule has 1 heterocycles. The number of fused-ring (bicyclic) bond motifs is 1. The predicted octanol–water partition coefficient (Wildman–Crippen LogP) is 3.63. The molecule has 6 nitrogen and oxygen atoms in total. The van der Waals surface area contributed by atoms with E-state index in [0.717, 1.165) is 43.4 Å². The van der Waals surface area contributed by atoms with Gasteiger partial charge in [0.2, 0.25) is 5.91 Å². The van der Waals surface area contributed by atoms with Crippen molar-refractivity contribution in [1.82, 2.24) is 10.2 Å². The summed E-state index contributed by atoms with van der Waals surface area (Å²) in [5.74, 6) is -0.506. The number of carbonyl (C=O) groups excluding carboxylic acids is 2. The summed E-state index contributed by atoms with van der Waals surface area (Å²) < 4.78 is 5.31. The molecule has 1 aliphatic rings. The van der Waals surface area contributed by atoms with Crippen LogP contribution < -0.4 is 10.6 Å². The highest BCUT2D eigenvalue weighted by Gasteiger charge is 2.29. The number of hydrogen-bond acceptors (Lipinski definition) is 6. The Kier molecular flexibility index (Phi) is 8.01. The number of rotatable bonds is 9. The molecule has 30 heavy (non-hydrogen) atoms. The van der Waals surface area contributed by atoms with E-state index in [0.29, 0.717) is 23.7 Å². The van der Waals surface area contributed by atoms with Crippen LogP contribution in [0, 0.1) is 0 Å². The van der Waals surface area contributed by atoms with Crippen molar-refractivity contribution in [2.24, 2.45) is 0 Å². The van der Waals surface area contributed by atoms with E-state index in [2.05, 4.69) is 15.5 Å². The van der Waals surface area contributed by atoms with E-state index in [9.17, 15) is 9.59 Å². The molecule has 2 aromatic rings. The Labute approximate surface area is 182 Å². The molecule has 162 valence electrons. The van der Waals surface area contributed by atoms with Crippen molar-refractivity contribution >= 4 is 28.2 Å². The smallest absolute Gasteiger partial charge is 0.341 e. The van der Waals surface area contributed by atoms with Crippen LogP contribution in [0.4, 0.5) is 5.00 Å². The second kappa shape index (κ2) is 10.7. The summed E-state index contributed by atoms with van der Waals surface area (Å²) in [6, 6.07) is 9.18. The third-order valence-electron chi connectivity index (χ3n) is 5.19. The Bertz CT molecular complexity index is 864. The summed E-state index contributed by atoms with van der Waals surface area (Å²) in [7, 11) is 4.00. The number of esters is 1. The average molecular weight is 430 g/mol. The van der Waals surface area contributed by atoms with Gasteiger partial charge in [0.15, 0.2) is 0 Å². The number of carbonyl (C=O) groups is 2. The zero-order valence-corrected chi connectivity index (χ0v) is 18.8. The minimum Gasteiger partial charge on any atom is -0.462 e. The van der Waals surface area contributed by atoms with E-state index < -0.39 is 6.04 Å². The first-order valence-corrected chi connectivity index (χ1v) is 11.4. The minimum atomic E-state index is -0.500. The number of aryl methyl sites for hydroxylation is 1. The van der Waals surface area contributed by atoms with E-state index in [1.54, 1.807) is 6.92 Å². The van der Waals surface area contributed by atoms with Crippen LogP contribution in [0.2, 0.25) is 0 Å². The molecule has 1 amide bonds. The lowest BCUT2D eigenvalue weighted by Crippen LogP contribution is -2.36. The number of thiophene rings is 1. The summed E-state index contributed by atoms with van der Waals surface area (Å²) in [5.41, 5.74) is 2.49. The molecule has 0 unspecified atom stereocenters. The number of amides is 1. The van der Waals surface area contributed by atoms with E-state index in [4.69, 9.17) is 4.74 Å². The Morgan fingerprint density at radius 2 is 1.90 bits per heavy atom. The van der Waals surface area contributed by atoms with E-state index in [1.165, 1.54) is 16.2 Å². The lowest BCUT2D eigenvalue weighted by Gasteiger charge is -2.20. The quantitative estimate of drug-likeness (QED) is 0.596. The Morgan fingerprint density at radius 1 is 1.17 bits per heavy atom. The molecular formula is C23H31N3O3S. The highest BCUT2D eigenvalue weighted by Crippen LogP contribution is 2.39. The molecule has 2 N–H and O–H groups in total. The molecule has 0 fully saturated rings. The third-order valence-corrected chi connectivity index (χ3v) is 6.40. The molecule has 3 rings (SSSR count). The van der Waals surface area contributed by atoms with Crippen molar-refractivity contribution in [3.63, 3.8) is 0 Å². The number of ether oxygens (including phenoxy) is 1. The molecule has 0 saturated carbocycles. The molecule has 7 heteroatoms. The largest absolute Gasteiger partial charge is 0.462 e. The first-order chi connectivity index (χ1) is 14.5. The van der Waals surface area contributed by atoms with Crippen molar-refractivity contribution in [2.75, 3.05) is 39.1 Å². The summed E-state index contributed by atoms with van der Waals surface area (Å²) in [4.78, 5) is 29.2. The van der Waals surface area contributed by atoms with Crippen LogP contribution in [0.15, 0.2) is 30.3 Å². The molecule has 0 spiro atoms. The van der Waals surface area contributed by atoms with Crippen molar-refractivity contribution in [1.29, 1.82) is 0 Å². The maximum Gasteiger partial charge on any atom is 0.341 e. The number of nitrogens with one attached hydrogen (secondary N) is 2. The molecule has 0 aliphatic heterocycles. The van der Waals surface area contributed by atoms with Crippen molar-refractivity contribution < 1.29 is 14.3 Å². The SMILES string of the molecule is CCOC(=O)c1c(NC(=O)[C@H](NCCN(C)C)c2ccccc2)sc2c1CCCC2. The molecular weight excluding hydrogens is 398 g/mol. The summed E-state index contributed by atoms with van der Waals surface area (Å²) in [6.07, 6.45) is 3.98. The van der Waals surface area contributed by atoms with Crippen LogP contribution in [0.3, 0.4) is 0 Å². The van der Waals surface area contributed by atoms with Crippen LogP contribution in [0.1, 0.15) is 52.2 Å². The Hall–Kier alpha value is -2.22. The number of hydrogen-bond donors (Lipinski definition) is 2. The second-order valence-corrected chi connectivity index (χ2v) is 8.83. The summed E-state index contributed by atoms with van der Waals surface area (Å²) in [6.45, 7) is 3.61. The number of likely N-dealkylation sites (N-methyl/N-ethyl adjacent to an activating group) is 1. The molecule has 1 aliphatic carbocycles. The maximum absolute atomic E-state index is 13.3. The lowest BCUT2D eigenvalue weighted by molar-refractivity contribution is -0.118. The molecule has 0 bridgehead atoms. The third kappa shape index (κ3) is 5.47. The normalized spacial score (nSPS) is 14.3. The highest BCUT2D eigenvalue weighted by atomic mass is 32.1. The van der Waals surface area contributed by atoms with Crippen LogP contribution in [-0.4, -0.2) is 50.6 Å². The average Bonchev–Trinajstić information content (AvgIpc) is 3.09. The van der Waals surface area contributed by atoms with E-state index >= 15 is 0 Å². The van der Waals surface area contributed by atoms with Gasteiger partial charge in [0.1, 0.15) is 11.0 Å². The number of nitrogens with zero attached hydrogens (tertiary/aromatic N) is 1. The van der Waals surface area contributed by atoms with E-state index in [-0.39, 0.29) is 11.9 Å². The maximum atomic E-state index is 13.3. The van der Waals surface area contributed by atoms with Gasteiger partial charge in [-0.2, -0.15) is 0 Å². The second-order valence-electron chi connectivity index (χ2n) is 7.73. The monoisotopic (exact) mass is 429 g/mol.